The lowest BCUT2D eigenvalue weighted by Gasteiger charge is -2.27. The van der Waals surface area contributed by atoms with Crippen LogP contribution in [0.2, 0.25) is 0 Å². The molecule has 0 spiro atoms. The molecule has 0 radical (unpaired) electrons. The minimum absolute atomic E-state index is 0.0183. The van der Waals surface area contributed by atoms with E-state index in [1.54, 1.807) is 11.8 Å². The van der Waals surface area contributed by atoms with Gasteiger partial charge in [0.15, 0.2) is 23.4 Å². The van der Waals surface area contributed by atoms with Gasteiger partial charge in [-0.1, -0.05) is 23.9 Å². The fraction of sp³-hybridized carbons (Fsp3) is 0.280. The number of aromatic nitrogens is 5. The molecule has 1 aliphatic heterocycles. The van der Waals surface area contributed by atoms with Crippen molar-refractivity contribution in [2.24, 2.45) is 0 Å². The molecule has 1 aliphatic rings. The molecule has 180 valence electrons. The summed E-state index contributed by atoms with van der Waals surface area (Å²) in [5, 5.41) is 12.5. The van der Waals surface area contributed by atoms with Gasteiger partial charge in [0.1, 0.15) is 12.4 Å². The van der Waals surface area contributed by atoms with Crippen LogP contribution in [0.1, 0.15) is 21.7 Å². The molecule has 0 amide bonds. The summed E-state index contributed by atoms with van der Waals surface area (Å²) in [5.41, 5.74) is 3.39. The van der Waals surface area contributed by atoms with E-state index in [0.29, 0.717) is 23.9 Å². The standard InChI is InChI=1S/C25H25N5O4S/c1-16-12-21(17(2)29(16)13-20-14-33-23-6-4-5-7-24(23)34-20)22(31)15-35-25-26-27-28-30(25)18-8-10-19(32-3)11-9-18/h4-12,20H,13-15H2,1-3H3. The lowest BCUT2D eigenvalue weighted by Crippen LogP contribution is -2.33. The van der Waals surface area contributed by atoms with Crippen molar-refractivity contribution in [1.82, 2.24) is 24.8 Å². The number of ether oxygens (including phenoxy) is 3. The summed E-state index contributed by atoms with van der Waals surface area (Å²) in [5.74, 6) is 2.49. The Kier molecular flexibility index (Phi) is 6.45. The summed E-state index contributed by atoms with van der Waals surface area (Å²) in [4.78, 5) is 13.1. The quantitative estimate of drug-likeness (QED) is 0.271. The predicted octanol–water partition coefficient (Wildman–Crippen LogP) is 3.90. The first-order valence-electron chi connectivity index (χ1n) is 11.2. The fourth-order valence-corrected chi connectivity index (χ4v) is 4.86. The molecule has 0 bridgehead atoms. The van der Waals surface area contributed by atoms with Gasteiger partial charge in [0, 0.05) is 17.0 Å². The molecule has 2 aromatic heterocycles. The highest BCUT2D eigenvalue weighted by Gasteiger charge is 2.24. The minimum atomic E-state index is -0.138. The van der Waals surface area contributed by atoms with Gasteiger partial charge in [0.25, 0.3) is 0 Å². The molecule has 2 aromatic carbocycles. The zero-order valence-corrected chi connectivity index (χ0v) is 20.5. The number of thioether (sulfide) groups is 1. The number of tetrazole rings is 1. The highest BCUT2D eigenvalue weighted by atomic mass is 32.2. The van der Waals surface area contributed by atoms with Crippen molar-refractivity contribution in [3.63, 3.8) is 0 Å². The Morgan fingerprint density at radius 1 is 1.14 bits per heavy atom. The molecule has 4 aromatic rings. The zero-order chi connectivity index (χ0) is 24.4. The number of nitrogens with zero attached hydrogens (tertiary/aromatic N) is 5. The zero-order valence-electron chi connectivity index (χ0n) is 19.7. The lowest BCUT2D eigenvalue weighted by atomic mass is 10.2. The Balaban J connectivity index is 1.26. The van der Waals surface area contributed by atoms with Crippen LogP contribution in [-0.2, 0) is 6.54 Å². The smallest absolute Gasteiger partial charge is 0.214 e. The van der Waals surface area contributed by atoms with Crippen LogP contribution < -0.4 is 14.2 Å². The van der Waals surface area contributed by atoms with Gasteiger partial charge in [0.2, 0.25) is 5.16 Å². The average Bonchev–Trinajstić information content (AvgIpc) is 3.47. The number of Topliss-reactive ketones (excluding diaryl/α,β-unsaturated/α-hetero) is 1. The summed E-state index contributed by atoms with van der Waals surface area (Å²) in [6.07, 6.45) is -0.138. The van der Waals surface area contributed by atoms with Gasteiger partial charge < -0.3 is 18.8 Å². The highest BCUT2D eigenvalue weighted by molar-refractivity contribution is 7.99. The second-order valence-electron chi connectivity index (χ2n) is 8.18. The number of methoxy groups -OCH3 is 1. The van der Waals surface area contributed by atoms with Crippen LogP contribution in [0.5, 0.6) is 17.2 Å². The molecule has 1 atom stereocenters. The third-order valence-corrected chi connectivity index (χ3v) is 6.84. The number of hydrogen-bond donors (Lipinski definition) is 0. The topological polar surface area (TPSA) is 93.3 Å². The van der Waals surface area contributed by atoms with E-state index >= 15 is 0 Å². The van der Waals surface area contributed by atoms with Gasteiger partial charge in [0.05, 0.1) is 25.1 Å². The van der Waals surface area contributed by atoms with Crippen molar-refractivity contribution in [2.75, 3.05) is 19.5 Å². The van der Waals surface area contributed by atoms with Crippen molar-refractivity contribution in [3.05, 3.63) is 71.5 Å². The van der Waals surface area contributed by atoms with Crippen molar-refractivity contribution >= 4 is 17.5 Å². The average molecular weight is 492 g/mol. The van der Waals surface area contributed by atoms with Crippen molar-refractivity contribution in [2.45, 2.75) is 31.7 Å². The van der Waals surface area contributed by atoms with Crippen molar-refractivity contribution in [1.29, 1.82) is 0 Å². The number of carbonyl (C=O) groups excluding carboxylic acids is 1. The molecular formula is C25H25N5O4S. The lowest BCUT2D eigenvalue weighted by molar-refractivity contribution is 0.0777. The number of aryl methyl sites for hydroxylation is 1. The number of carbonyl (C=O) groups is 1. The molecule has 3 heterocycles. The molecule has 0 saturated heterocycles. The van der Waals surface area contributed by atoms with E-state index in [-0.39, 0.29) is 17.6 Å². The van der Waals surface area contributed by atoms with Gasteiger partial charge in [-0.05, 0) is 66.7 Å². The normalized spacial score (nSPS) is 14.7. The maximum atomic E-state index is 13.1. The Hall–Kier alpha value is -3.79. The fourth-order valence-electron chi connectivity index (χ4n) is 4.08. The predicted molar refractivity (Wildman–Crippen MR) is 131 cm³/mol. The monoisotopic (exact) mass is 491 g/mol. The first kappa shape index (κ1) is 23.0. The van der Waals surface area contributed by atoms with E-state index in [2.05, 4.69) is 20.1 Å². The van der Waals surface area contributed by atoms with Gasteiger partial charge in [-0.2, -0.15) is 4.68 Å². The third kappa shape index (κ3) is 4.74. The van der Waals surface area contributed by atoms with Gasteiger partial charge in [-0.3, -0.25) is 4.79 Å². The molecule has 0 saturated carbocycles. The molecule has 0 N–H and O–H groups in total. The molecule has 5 rings (SSSR count). The number of para-hydroxylation sites is 2. The third-order valence-electron chi connectivity index (χ3n) is 5.92. The summed E-state index contributed by atoms with van der Waals surface area (Å²) in [6, 6.07) is 17.0. The number of benzene rings is 2. The van der Waals surface area contributed by atoms with Crippen LogP contribution in [0.25, 0.3) is 5.69 Å². The Morgan fingerprint density at radius 2 is 1.91 bits per heavy atom. The van der Waals surface area contributed by atoms with E-state index in [0.717, 1.165) is 34.3 Å². The molecule has 0 aliphatic carbocycles. The molecule has 10 heteroatoms. The van der Waals surface area contributed by atoms with Crippen LogP contribution in [0, 0.1) is 13.8 Å². The first-order chi connectivity index (χ1) is 17.0. The second kappa shape index (κ2) is 9.83. The van der Waals surface area contributed by atoms with Crippen molar-refractivity contribution < 1.29 is 19.0 Å². The minimum Gasteiger partial charge on any atom is -0.497 e. The van der Waals surface area contributed by atoms with Crippen LogP contribution >= 0.6 is 11.8 Å². The van der Waals surface area contributed by atoms with E-state index in [1.165, 1.54) is 11.8 Å². The number of fused-ring (bicyclic) bond motifs is 1. The van der Waals surface area contributed by atoms with Crippen LogP contribution in [-0.4, -0.2) is 56.1 Å². The van der Waals surface area contributed by atoms with E-state index < -0.39 is 0 Å². The SMILES string of the molecule is COc1ccc(-n2nnnc2SCC(=O)c2cc(C)n(CC3COc4ccccc4O3)c2C)cc1. The molecule has 9 nitrogen and oxygen atoms in total. The van der Waals surface area contributed by atoms with Gasteiger partial charge in [-0.15, -0.1) is 5.10 Å². The van der Waals surface area contributed by atoms with E-state index in [1.807, 2.05) is 68.4 Å². The number of rotatable bonds is 8. The van der Waals surface area contributed by atoms with Gasteiger partial charge >= 0.3 is 0 Å². The summed E-state index contributed by atoms with van der Waals surface area (Å²) in [6.45, 7) is 5.02. The molecule has 35 heavy (non-hydrogen) atoms. The summed E-state index contributed by atoms with van der Waals surface area (Å²) < 4.78 is 20.9. The summed E-state index contributed by atoms with van der Waals surface area (Å²) >= 11 is 1.31. The Morgan fingerprint density at radius 3 is 2.69 bits per heavy atom. The maximum absolute atomic E-state index is 13.1. The van der Waals surface area contributed by atoms with Crippen LogP contribution in [0.15, 0.2) is 59.8 Å². The van der Waals surface area contributed by atoms with E-state index in [9.17, 15) is 4.79 Å². The van der Waals surface area contributed by atoms with Crippen LogP contribution in [0.3, 0.4) is 0 Å². The Labute approximate surface area is 207 Å². The highest BCUT2D eigenvalue weighted by Crippen LogP contribution is 2.32. The number of hydrogen-bond acceptors (Lipinski definition) is 8. The van der Waals surface area contributed by atoms with Crippen molar-refractivity contribution in [3.8, 4) is 22.9 Å². The van der Waals surface area contributed by atoms with Gasteiger partial charge in [-0.25, -0.2) is 0 Å². The first-order valence-corrected chi connectivity index (χ1v) is 12.2. The molecule has 1 unspecified atom stereocenters. The largest absolute Gasteiger partial charge is 0.497 e. The summed E-state index contributed by atoms with van der Waals surface area (Å²) in [7, 11) is 1.62. The number of ketones is 1. The van der Waals surface area contributed by atoms with E-state index in [4.69, 9.17) is 14.2 Å². The molecular weight excluding hydrogens is 466 g/mol. The maximum Gasteiger partial charge on any atom is 0.214 e. The molecule has 0 fully saturated rings. The van der Waals surface area contributed by atoms with Crippen LogP contribution in [0.4, 0.5) is 0 Å². The Bertz CT molecular complexity index is 1350. The second-order valence-corrected chi connectivity index (χ2v) is 9.12.